The molecule has 1 aromatic carbocycles. The number of nitrogens with one attached hydrogen (secondary N) is 3. The van der Waals surface area contributed by atoms with E-state index >= 15 is 0 Å². The maximum Gasteiger partial charge on any atom is 0.250 e. The van der Waals surface area contributed by atoms with E-state index < -0.39 is 32.0 Å². The van der Waals surface area contributed by atoms with Crippen molar-refractivity contribution in [3.63, 3.8) is 0 Å². The lowest BCUT2D eigenvalue weighted by atomic mass is 10.0. The van der Waals surface area contributed by atoms with Crippen LogP contribution in [0.1, 0.15) is 33.3 Å². The van der Waals surface area contributed by atoms with Crippen LogP contribution in [0.15, 0.2) is 50.9 Å². The third kappa shape index (κ3) is 6.61. The molecule has 8 nitrogen and oxygen atoms in total. The second-order valence-electron chi connectivity index (χ2n) is 7.42. The molecule has 0 unspecified atom stereocenters. The summed E-state index contributed by atoms with van der Waals surface area (Å²) in [5.74, 6) is -0.777. The Morgan fingerprint density at radius 3 is 2.23 bits per heavy atom. The van der Waals surface area contributed by atoms with Crippen molar-refractivity contribution in [3.05, 3.63) is 47.3 Å². The molecule has 0 aliphatic rings. The minimum Gasteiger partial charge on any atom is -0.351 e. The zero-order chi connectivity index (χ0) is 22.5. The molecular weight excluding hydrogens is 446 g/mol. The molecule has 30 heavy (non-hydrogen) atoms. The van der Waals surface area contributed by atoms with E-state index in [0.717, 1.165) is 11.3 Å². The van der Waals surface area contributed by atoms with Crippen LogP contribution in [0.3, 0.4) is 0 Å². The van der Waals surface area contributed by atoms with Gasteiger partial charge in [-0.15, -0.1) is 11.3 Å². The predicted molar refractivity (Wildman–Crippen MR) is 117 cm³/mol. The van der Waals surface area contributed by atoms with Gasteiger partial charge in [-0.3, -0.25) is 4.79 Å². The Bertz CT molecular complexity index is 1060. The van der Waals surface area contributed by atoms with Crippen LogP contribution in [0, 0.1) is 5.92 Å². The fourth-order valence-electron chi connectivity index (χ4n) is 2.63. The number of rotatable bonds is 10. The highest BCUT2D eigenvalue weighted by molar-refractivity contribution is 7.91. The van der Waals surface area contributed by atoms with Gasteiger partial charge in [0.2, 0.25) is 15.9 Å². The van der Waals surface area contributed by atoms with E-state index in [1.807, 2.05) is 0 Å². The van der Waals surface area contributed by atoms with Crippen LogP contribution in [0.2, 0.25) is 0 Å². The summed E-state index contributed by atoms with van der Waals surface area (Å²) in [5.41, 5.74) is 0.582. The van der Waals surface area contributed by atoms with Crippen molar-refractivity contribution in [2.24, 2.45) is 5.92 Å². The summed E-state index contributed by atoms with van der Waals surface area (Å²) < 4.78 is 54.7. The number of hydrogen-bond acceptors (Lipinski definition) is 6. The first-order valence-corrected chi connectivity index (χ1v) is 13.2. The van der Waals surface area contributed by atoms with E-state index in [9.17, 15) is 21.6 Å². The van der Waals surface area contributed by atoms with E-state index in [-0.39, 0.29) is 27.6 Å². The first-order valence-electron chi connectivity index (χ1n) is 9.37. The van der Waals surface area contributed by atoms with Gasteiger partial charge in [-0.05, 0) is 48.9 Å². The number of benzene rings is 1. The minimum absolute atomic E-state index is 0.0633. The van der Waals surface area contributed by atoms with Crippen molar-refractivity contribution in [2.45, 2.75) is 55.4 Å². The highest BCUT2D eigenvalue weighted by atomic mass is 32.2. The molecule has 1 heterocycles. The molecular formula is C19H27N3O5S3. The maximum absolute atomic E-state index is 12.7. The van der Waals surface area contributed by atoms with Crippen LogP contribution in [-0.4, -0.2) is 34.8 Å². The average Bonchev–Trinajstić information content (AvgIpc) is 3.19. The average molecular weight is 474 g/mol. The zero-order valence-electron chi connectivity index (χ0n) is 17.2. The van der Waals surface area contributed by atoms with Crippen LogP contribution < -0.4 is 14.8 Å². The normalized spacial score (nSPS) is 13.5. The number of amides is 1. The number of hydrogen-bond donors (Lipinski definition) is 3. The van der Waals surface area contributed by atoms with E-state index in [1.54, 1.807) is 51.3 Å². The van der Waals surface area contributed by atoms with Gasteiger partial charge in [0.25, 0.3) is 10.0 Å². The SMILES string of the molecule is CC(C)NS(=O)(=O)c1cccc(CNC(=O)[C@H](NS(=O)(=O)c2cccs2)C(C)C)c1. The van der Waals surface area contributed by atoms with E-state index in [2.05, 4.69) is 14.8 Å². The molecule has 0 saturated heterocycles. The zero-order valence-corrected chi connectivity index (χ0v) is 19.7. The van der Waals surface area contributed by atoms with Gasteiger partial charge < -0.3 is 5.32 Å². The second-order valence-corrected chi connectivity index (χ2v) is 12.0. The number of thiophene rings is 1. The Morgan fingerprint density at radius 2 is 1.67 bits per heavy atom. The second kappa shape index (κ2) is 10.0. The molecule has 166 valence electrons. The van der Waals surface area contributed by atoms with Crippen LogP contribution in [0.4, 0.5) is 0 Å². The van der Waals surface area contributed by atoms with Gasteiger partial charge in [-0.25, -0.2) is 21.6 Å². The lowest BCUT2D eigenvalue weighted by Gasteiger charge is -2.21. The van der Waals surface area contributed by atoms with E-state index in [0.29, 0.717) is 5.56 Å². The van der Waals surface area contributed by atoms with Crippen LogP contribution >= 0.6 is 11.3 Å². The predicted octanol–water partition coefficient (Wildman–Crippen LogP) is 2.05. The first-order chi connectivity index (χ1) is 13.9. The van der Waals surface area contributed by atoms with Crippen molar-refractivity contribution >= 4 is 37.3 Å². The van der Waals surface area contributed by atoms with Crippen LogP contribution in [0.25, 0.3) is 0 Å². The molecule has 2 aromatic rings. The Kier molecular flexibility index (Phi) is 8.17. The van der Waals surface area contributed by atoms with Gasteiger partial charge in [0.15, 0.2) is 0 Å². The number of carbonyl (C=O) groups excluding carboxylic acids is 1. The highest BCUT2D eigenvalue weighted by Crippen LogP contribution is 2.17. The van der Waals surface area contributed by atoms with Gasteiger partial charge >= 0.3 is 0 Å². The molecule has 0 bridgehead atoms. The molecule has 0 spiro atoms. The Hall–Kier alpha value is -1.79. The summed E-state index contributed by atoms with van der Waals surface area (Å²) in [7, 11) is -7.46. The number of carbonyl (C=O) groups is 1. The molecule has 1 amide bonds. The fraction of sp³-hybridized carbons (Fsp3) is 0.421. The smallest absolute Gasteiger partial charge is 0.250 e. The van der Waals surface area contributed by atoms with E-state index in [1.165, 1.54) is 18.2 Å². The number of sulfonamides is 2. The van der Waals surface area contributed by atoms with Crippen molar-refractivity contribution in [3.8, 4) is 0 Å². The molecule has 0 aliphatic carbocycles. The van der Waals surface area contributed by atoms with Gasteiger partial charge in [0.05, 0.1) is 4.90 Å². The van der Waals surface area contributed by atoms with E-state index in [4.69, 9.17) is 0 Å². The summed E-state index contributed by atoms with van der Waals surface area (Å²) >= 11 is 1.07. The van der Waals surface area contributed by atoms with Crippen molar-refractivity contribution in [1.29, 1.82) is 0 Å². The Balaban J connectivity index is 2.10. The molecule has 1 aromatic heterocycles. The molecule has 3 N–H and O–H groups in total. The van der Waals surface area contributed by atoms with Crippen molar-refractivity contribution in [1.82, 2.24) is 14.8 Å². The van der Waals surface area contributed by atoms with Crippen molar-refractivity contribution in [2.75, 3.05) is 0 Å². The molecule has 0 saturated carbocycles. The fourth-order valence-corrected chi connectivity index (χ4v) is 6.31. The highest BCUT2D eigenvalue weighted by Gasteiger charge is 2.28. The van der Waals surface area contributed by atoms with Crippen LogP contribution in [0.5, 0.6) is 0 Å². The minimum atomic E-state index is -3.81. The third-order valence-electron chi connectivity index (χ3n) is 4.06. The van der Waals surface area contributed by atoms with Gasteiger partial charge in [-0.2, -0.15) is 4.72 Å². The van der Waals surface area contributed by atoms with Gasteiger partial charge in [-0.1, -0.05) is 32.0 Å². The summed E-state index contributed by atoms with van der Waals surface area (Å²) in [6.45, 7) is 7.00. The quantitative estimate of drug-likeness (QED) is 0.488. The van der Waals surface area contributed by atoms with Crippen LogP contribution in [-0.2, 0) is 31.4 Å². The summed E-state index contributed by atoms with van der Waals surface area (Å²) in [4.78, 5) is 12.8. The summed E-state index contributed by atoms with van der Waals surface area (Å²) in [6.07, 6.45) is 0. The third-order valence-corrected chi connectivity index (χ3v) is 8.55. The maximum atomic E-state index is 12.7. The molecule has 2 rings (SSSR count). The first kappa shape index (κ1) is 24.5. The summed E-state index contributed by atoms with van der Waals surface area (Å²) in [5, 5.41) is 4.34. The monoisotopic (exact) mass is 473 g/mol. The van der Waals surface area contributed by atoms with Gasteiger partial charge in [0.1, 0.15) is 10.3 Å². The molecule has 1 atom stereocenters. The van der Waals surface area contributed by atoms with Crippen molar-refractivity contribution < 1.29 is 21.6 Å². The molecule has 0 radical (unpaired) electrons. The lowest BCUT2D eigenvalue weighted by Crippen LogP contribution is -2.49. The largest absolute Gasteiger partial charge is 0.351 e. The Morgan fingerprint density at radius 1 is 0.967 bits per heavy atom. The Labute approximate surface area is 182 Å². The molecule has 0 aliphatic heterocycles. The summed E-state index contributed by atoms with van der Waals surface area (Å²) in [6, 6.07) is 8.11. The van der Waals surface area contributed by atoms with Gasteiger partial charge in [0, 0.05) is 12.6 Å². The standard InChI is InChI=1S/C19H27N3O5S3/c1-13(2)18(22-30(26,27)17-9-6-10-28-17)19(23)20-12-15-7-5-8-16(11-15)29(24,25)21-14(3)4/h5-11,13-14,18,21-22H,12H2,1-4H3,(H,20,23)/t18-/m1/s1. The lowest BCUT2D eigenvalue weighted by molar-refractivity contribution is -0.123. The topological polar surface area (TPSA) is 121 Å². The molecule has 0 fully saturated rings. The molecule has 11 heteroatoms.